The second kappa shape index (κ2) is 7.69. The van der Waals surface area contributed by atoms with Gasteiger partial charge in [0, 0.05) is 0 Å². The maximum atomic E-state index is 2.41. The third-order valence-electron chi connectivity index (χ3n) is 2.81. The Balaban J connectivity index is 0.00000112. The van der Waals surface area contributed by atoms with Crippen molar-refractivity contribution in [3.63, 3.8) is 0 Å². The van der Waals surface area contributed by atoms with Gasteiger partial charge in [-0.05, 0) is 0 Å². The van der Waals surface area contributed by atoms with Crippen LogP contribution in [0.25, 0.3) is 0 Å². The molecule has 0 nitrogen and oxygen atoms in total. The summed E-state index contributed by atoms with van der Waals surface area (Å²) in [5, 5.41) is 0. The van der Waals surface area contributed by atoms with E-state index in [0.29, 0.717) is 0 Å². The van der Waals surface area contributed by atoms with Crippen LogP contribution in [-0.2, 0) is 21.8 Å². The summed E-state index contributed by atoms with van der Waals surface area (Å²) in [6, 6.07) is 0. The predicted molar refractivity (Wildman–Crippen MR) is 73.3 cm³/mol. The quantitative estimate of drug-likeness (QED) is 0.682. The number of hydrogen-bond acceptors (Lipinski definition) is 0. The van der Waals surface area contributed by atoms with Crippen molar-refractivity contribution in [1.29, 1.82) is 0 Å². The minimum absolute atomic E-state index is 0. The SMILES string of the molecule is C[CH](C)[Zr]([C]1=CC=CC1)[C]1=CC=CC1.Cl.Cl. The fourth-order valence-electron chi connectivity index (χ4n) is 2.24. The van der Waals surface area contributed by atoms with Gasteiger partial charge in [-0.2, -0.15) is 0 Å². The average molecular weight is 337 g/mol. The van der Waals surface area contributed by atoms with Crippen LogP contribution in [0.1, 0.15) is 26.7 Å². The van der Waals surface area contributed by atoms with Crippen molar-refractivity contribution >= 4 is 24.8 Å². The van der Waals surface area contributed by atoms with Crippen molar-refractivity contribution in [2.75, 3.05) is 0 Å². The molecule has 0 bridgehead atoms. The molecule has 0 unspecified atom stereocenters. The normalized spacial score (nSPS) is 16.7. The van der Waals surface area contributed by atoms with Gasteiger partial charge >= 0.3 is 95.1 Å². The van der Waals surface area contributed by atoms with Gasteiger partial charge in [-0.15, -0.1) is 24.8 Å². The Kier molecular flexibility index (Phi) is 7.90. The molecule has 0 aromatic rings. The molecule has 2 rings (SSSR count). The molecule has 0 radical (unpaired) electrons. The molecule has 3 heteroatoms. The number of halogens is 2. The summed E-state index contributed by atoms with van der Waals surface area (Å²) in [6.45, 7) is 4.82. The Morgan fingerprint density at radius 1 is 0.938 bits per heavy atom. The third kappa shape index (κ3) is 3.72. The van der Waals surface area contributed by atoms with E-state index in [2.05, 4.69) is 50.3 Å². The Morgan fingerprint density at radius 3 is 1.62 bits per heavy atom. The minimum atomic E-state index is -1.43. The summed E-state index contributed by atoms with van der Waals surface area (Å²) in [6.07, 6.45) is 16.3. The molecule has 0 saturated heterocycles. The average Bonchev–Trinajstić information content (AvgIpc) is 2.75. The number of rotatable bonds is 3. The fraction of sp³-hybridized carbons (Fsp3) is 0.385. The molecule has 2 aliphatic carbocycles. The van der Waals surface area contributed by atoms with E-state index >= 15 is 0 Å². The van der Waals surface area contributed by atoms with E-state index in [9.17, 15) is 0 Å². The van der Waals surface area contributed by atoms with E-state index in [1.54, 1.807) is 6.56 Å². The molecule has 0 fully saturated rings. The monoisotopic (exact) mass is 335 g/mol. The zero-order valence-electron chi connectivity index (χ0n) is 9.77. The van der Waals surface area contributed by atoms with Crippen molar-refractivity contribution in [2.45, 2.75) is 30.3 Å². The van der Waals surface area contributed by atoms with Gasteiger partial charge in [-0.1, -0.05) is 0 Å². The van der Waals surface area contributed by atoms with E-state index in [-0.39, 0.29) is 24.8 Å². The molecule has 89 valence electrons. The van der Waals surface area contributed by atoms with Gasteiger partial charge in [0.1, 0.15) is 0 Å². The van der Waals surface area contributed by atoms with Crippen LogP contribution in [0.15, 0.2) is 43.0 Å². The van der Waals surface area contributed by atoms with Crippen LogP contribution >= 0.6 is 24.8 Å². The second-order valence-corrected chi connectivity index (χ2v) is 12.2. The molecule has 0 aromatic carbocycles. The molecule has 0 aromatic heterocycles. The maximum absolute atomic E-state index is 2.41. The first kappa shape index (κ1) is 16.4. The van der Waals surface area contributed by atoms with Crippen molar-refractivity contribution in [2.24, 2.45) is 0 Å². The molecule has 0 heterocycles. The van der Waals surface area contributed by atoms with Gasteiger partial charge in [0.15, 0.2) is 0 Å². The molecule has 0 amide bonds. The largest absolute Gasteiger partial charge is 0.147 e. The van der Waals surface area contributed by atoms with Crippen LogP contribution in [0.2, 0.25) is 3.63 Å². The molecule has 0 spiro atoms. The van der Waals surface area contributed by atoms with Crippen molar-refractivity contribution in [3.8, 4) is 0 Å². The minimum Gasteiger partial charge on any atom is -0.147 e. The van der Waals surface area contributed by atoms with Crippen LogP contribution in [0.4, 0.5) is 0 Å². The first-order valence-corrected chi connectivity index (χ1v) is 9.25. The number of hydrogen-bond donors (Lipinski definition) is 0. The van der Waals surface area contributed by atoms with Crippen molar-refractivity contribution < 1.29 is 21.8 Å². The summed E-state index contributed by atoms with van der Waals surface area (Å²) in [4.78, 5) is 0. The first-order valence-electron chi connectivity index (χ1n) is 5.38. The van der Waals surface area contributed by atoms with Crippen LogP contribution < -0.4 is 0 Å². The van der Waals surface area contributed by atoms with Crippen molar-refractivity contribution in [1.82, 2.24) is 0 Å². The van der Waals surface area contributed by atoms with Gasteiger partial charge in [0.25, 0.3) is 0 Å². The molecule has 2 aliphatic rings. The molecule has 16 heavy (non-hydrogen) atoms. The van der Waals surface area contributed by atoms with Gasteiger partial charge in [0.05, 0.1) is 0 Å². The maximum Gasteiger partial charge on any atom is -0.147 e. The Hall–Kier alpha value is 0.423. The summed E-state index contributed by atoms with van der Waals surface area (Å²) in [7, 11) is 0. The molecular formula is C13H19Cl2Zr. The van der Waals surface area contributed by atoms with Gasteiger partial charge in [-0.3, -0.25) is 0 Å². The van der Waals surface area contributed by atoms with Crippen LogP contribution in [0, 0.1) is 0 Å². The van der Waals surface area contributed by atoms with E-state index in [1.165, 1.54) is 12.8 Å². The third-order valence-corrected chi connectivity index (χ3v) is 10.9. The second-order valence-electron chi connectivity index (χ2n) is 4.22. The molecule has 0 aliphatic heterocycles. The Bertz CT molecular complexity index is 308. The molecule has 0 atom stereocenters. The molecular weight excluding hydrogens is 318 g/mol. The van der Waals surface area contributed by atoms with Gasteiger partial charge in [-0.25, -0.2) is 0 Å². The Morgan fingerprint density at radius 2 is 1.38 bits per heavy atom. The zero-order valence-corrected chi connectivity index (χ0v) is 13.9. The van der Waals surface area contributed by atoms with Crippen LogP contribution in [0.3, 0.4) is 0 Å². The summed E-state index contributed by atoms with van der Waals surface area (Å²) in [5.41, 5.74) is 0. The standard InChI is InChI=1S/2C5H5.C3H7.2ClH.Zr/c2*1-2-4-5-3-1;1-3-2;;;/h2*1-3H,4H2;3H,1-2H3;2*1H;. The van der Waals surface area contributed by atoms with Gasteiger partial charge in [0.2, 0.25) is 0 Å². The smallest absolute Gasteiger partial charge is 0.147 e. The summed E-state index contributed by atoms with van der Waals surface area (Å²) >= 11 is -1.43. The van der Waals surface area contributed by atoms with Crippen LogP contribution in [0.5, 0.6) is 0 Å². The predicted octanol–water partition coefficient (Wildman–Crippen LogP) is 4.96. The molecule has 0 N–H and O–H groups in total. The molecule has 0 saturated carbocycles. The van der Waals surface area contributed by atoms with E-state index in [4.69, 9.17) is 0 Å². The Labute approximate surface area is 119 Å². The van der Waals surface area contributed by atoms with Gasteiger partial charge < -0.3 is 0 Å². The summed E-state index contributed by atoms with van der Waals surface area (Å²) in [5.74, 6) is 0. The van der Waals surface area contributed by atoms with Crippen LogP contribution in [-0.4, -0.2) is 0 Å². The summed E-state index contributed by atoms with van der Waals surface area (Å²) < 4.78 is 4.49. The fourth-order valence-corrected chi connectivity index (χ4v) is 9.92. The van der Waals surface area contributed by atoms with E-state index in [0.717, 1.165) is 3.63 Å². The topological polar surface area (TPSA) is 0 Å². The van der Waals surface area contributed by atoms with Crippen molar-refractivity contribution in [3.05, 3.63) is 43.0 Å². The first-order chi connectivity index (χ1) is 6.79. The number of allylic oxidation sites excluding steroid dienone is 8. The van der Waals surface area contributed by atoms with E-state index < -0.39 is 21.8 Å². The van der Waals surface area contributed by atoms with E-state index in [1.807, 2.05) is 0 Å². The zero-order chi connectivity index (χ0) is 9.97.